The summed E-state index contributed by atoms with van der Waals surface area (Å²) < 4.78 is 0. The third-order valence-corrected chi connectivity index (χ3v) is 2.63. The van der Waals surface area contributed by atoms with Crippen molar-refractivity contribution in [2.45, 2.75) is 32.1 Å². The highest BCUT2D eigenvalue weighted by Crippen LogP contribution is 2.24. The maximum Gasteiger partial charge on any atom is 0.229 e. The van der Waals surface area contributed by atoms with E-state index >= 15 is 0 Å². The molecule has 5 heteroatoms. The second-order valence-corrected chi connectivity index (χ2v) is 3.66. The van der Waals surface area contributed by atoms with Gasteiger partial charge in [0.2, 0.25) is 11.9 Å². The Kier molecular flexibility index (Phi) is 2.76. The zero-order chi connectivity index (χ0) is 9.80. The van der Waals surface area contributed by atoms with Crippen molar-refractivity contribution >= 4 is 11.9 Å². The monoisotopic (exact) mass is 194 g/mol. The summed E-state index contributed by atoms with van der Waals surface area (Å²) in [7, 11) is 0. The topological polar surface area (TPSA) is 70.7 Å². The van der Waals surface area contributed by atoms with Crippen molar-refractivity contribution in [2.75, 3.05) is 5.32 Å². The second kappa shape index (κ2) is 4.21. The first-order valence-corrected chi connectivity index (χ1v) is 5.02. The van der Waals surface area contributed by atoms with Gasteiger partial charge in [-0.2, -0.15) is 10.1 Å². The smallest absolute Gasteiger partial charge is 0.229 e. The number of hydrogen-bond acceptors (Lipinski definition) is 3. The number of carbonyl (C=O) groups excluding carboxylic acids is 1. The molecule has 0 bridgehead atoms. The Labute approximate surface area is 82.3 Å². The Bertz CT molecular complexity index is 290. The largest absolute Gasteiger partial charge is 0.295 e. The lowest BCUT2D eigenvalue weighted by molar-refractivity contribution is -0.120. The molecule has 2 rings (SSSR count). The van der Waals surface area contributed by atoms with Gasteiger partial charge in [-0.3, -0.25) is 10.1 Å². The summed E-state index contributed by atoms with van der Waals surface area (Å²) in [5.41, 5.74) is 0. The summed E-state index contributed by atoms with van der Waals surface area (Å²) in [6.07, 6.45) is 6.96. The third-order valence-electron chi connectivity index (χ3n) is 2.63. The van der Waals surface area contributed by atoms with Crippen LogP contribution in [0, 0.1) is 5.92 Å². The molecule has 2 N–H and O–H groups in total. The number of nitrogens with zero attached hydrogens (tertiary/aromatic N) is 2. The second-order valence-electron chi connectivity index (χ2n) is 3.66. The van der Waals surface area contributed by atoms with E-state index in [0.717, 1.165) is 25.7 Å². The van der Waals surface area contributed by atoms with Crippen LogP contribution in [0.2, 0.25) is 0 Å². The number of anilines is 1. The first kappa shape index (κ1) is 9.18. The fourth-order valence-electron chi connectivity index (χ4n) is 1.85. The van der Waals surface area contributed by atoms with Gasteiger partial charge in [0.1, 0.15) is 6.33 Å². The van der Waals surface area contributed by atoms with E-state index in [1.807, 2.05) is 0 Å². The summed E-state index contributed by atoms with van der Waals surface area (Å²) in [5.74, 6) is 0.677. The van der Waals surface area contributed by atoms with Gasteiger partial charge in [0.25, 0.3) is 0 Å². The highest BCUT2D eigenvalue weighted by molar-refractivity contribution is 5.90. The molecular weight excluding hydrogens is 180 g/mol. The minimum absolute atomic E-state index is 0.0708. The van der Waals surface area contributed by atoms with E-state index < -0.39 is 0 Å². The predicted octanol–water partition coefficient (Wildman–Crippen LogP) is 1.32. The van der Waals surface area contributed by atoms with Crippen LogP contribution in [0.5, 0.6) is 0 Å². The van der Waals surface area contributed by atoms with Gasteiger partial charge in [0.15, 0.2) is 0 Å². The number of H-pyrrole nitrogens is 1. The third kappa shape index (κ3) is 2.10. The molecule has 0 radical (unpaired) electrons. The van der Waals surface area contributed by atoms with Crippen molar-refractivity contribution in [3.63, 3.8) is 0 Å². The molecule has 1 amide bonds. The lowest BCUT2D eigenvalue weighted by atomic mass is 9.89. The lowest BCUT2D eigenvalue weighted by Crippen LogP contribution is -2.25. The van der Waals surface area contributed by atoms with Crippen molar-refractivity contribution in [2.24, 2.45) is 5.92 Å². The van der Waals surface area contributed by atoms with Gasteiger partial charge in [0.05, 0.1) is 0 Å². The Morgan fingerprint density at radius 3 is 2.86 bits per heavy atom. The molecule has 1 fully saturated rings. The van der Waals surface area contributed by atoms with Crippen LogP contribution in [0.15, 0.2) is 6.33 Å². The van der Waals surface area contributed by atoms with Gasteiger partial charge in [-0.05, 0) is 12.8 Å². The molecule has 1 saturated carbocycles. The summed E-state index contributed by atoms with van der Waals surface area (Å²) in [6, 6.07) is 0. The van der Waals surface area contributed by atoms with Crippen molar-refractivity contribution in [1.29, 1.82) is 0 Å². The van der Waals surface area contributed by atoms with Crippen molar-refractivity contribution in [3.05, 3.63) is 6.33 Å². The molecule has 1 aromatic rings. The highest BCUT2D eigenvalue weighted by atomic mass is 16.2. The molecule has 1 aromatic heterocycles. The van der Waals surface area contributed by atoms with Crippen LogP contribution in [0.1, 0.15) is 32.1 Å². The lowest BCUT2D eigenvalue weighted by Gasteiger charge is -2.19. The summed E-state index contributed by atoms with van der Waals surface area (Å²) >= 11 is 0. The van der Waals surface area contributed by atoms with E-state index in [1.165, 1.54) is 12.7 Å². The zero-order valence-corrected chi connectivity index (χ0v) is 7.99. The fourth-order valence-corrected chi connectivity index (χ4v) is 1.85. The minimum Gasteiger partial charge on any atom is -0.295 e. The van der Waals surface area contributed by atoms with Gasteiger partial charge in [-0.15, -0.1) is 0 Å². The summed E-state index contributed by atoms with van der Waals surface area (Å²) in [4.78, 5) is 15.5. The molecule has 0 aromatic carbocycles. The molecule has 0 saturated heterocycles. The molecule has 0 unspecified atom stereocenters. The molecule has 0 atom stereocenters. The van der Waals surface area contributed by atoms with E-state index in [9.17, 15) is 4.79 Å². The maximum absolute atomic E-state index is 11.7. The molecule has 1 aliphatic rings. The van der Waals surface area contributed by atoms with Crippen LogP contribution in [0.4, 0.5) is 5.95 Å². The van der Waals surface area contributed by atoms with Gasteiger partial charge in [-0.1, -0.05) is 19.3 Å². The Morgan fingerprint density at radius 2 is 2.21 bits per heavy atom. The fraction of sp³-hybridized carbons (Fsp3) is 0.667. The quantitative estimate of drug-likeness (QED) is 0.746. The van der Waals surface area contributed by atoms with Gasteiger partial charge < -0.3 is 0 Å². The van der Waals surface area contributed by atoms with Crippen molar-refractivity contribution in [3.8, 4) is 0 Å². The van der Waals surface area contributed by atoms with E-state index in [1.54, 1.807) is 0 Å². The minimum atomic E-state index is 0.0708. The van der Waals surface area contributed by atoms with Gasteiger partial charge >= 0.3 is 0 Å². The van der Waals surface area contributed by atoms with E-state index in [2.05, 4.69) is 20.5 Å². The number of hydrogen-bond donors (Lipinski definition) is 2. The standard InChI is InChI=1S/C9H14N4O/c14-8(7-4-2-1-3-5-7)12-9-10-6-11-13-9/h6-7H,1-5H2,(H2,10,11,12,13,14). The average Bonchev–Trinajstić information content (AvgIpc) is 2.72. The average molecular weight is 194 g/mol. The maximum atomic E-state index is 11.7. The molecule has 1 aliphatic carbocycles. The number of aromatic amines is 1. The Balaban J connectivity index is 1.88. The van der Waals surface area contributed by atoms with Crippen LogP contribution < -0.4 is 5.32 Å². The molecule has 1 heterocycles. The normalized spacial score (nSPS) is 18.0. The highest BCUT2D eigenvalue weighted by Gasteiger charge is 2.21. The van der Waals surface area contributed by atoms with E-state index in [-0.39, 0.29) is 11.8 Å². The number of rotatable bonds is 2. The number of carbonyl (C=O) groups is 1. The predicted molar refractivity (Wildman–Crippen MR) is 51.6 cm³/mol. The van der Waals surface area contributed by atoms with Crippen LogP contribution in [0.25, 0.3) is 0 Å². The number of aromatic nitrogens is 3. The summed E-state index contributed by atoms with van der Waals surface area (Å²) in [5, 5.41) is 9.01. The van der Waals surface area contributed by atoms with Crippen LogP contribution in [-0.4, -0.2) is 21.1 Å². The zero-order valence-electron chi connectivity index (χ0n) is 7.99. The van der Waals surface area contributed by atoms with Crippen LogP contribution >= 0.6 is 0 Å². The first-order chi connectivity index (χ1) is 6.86. The van der Waals surface area contributed by atoms with Crippen LogP contribution in [0.3, 0.4) is 0 Å². The summed E-state index contributed by atoms with van der Waals surface area (Å²) in [6.45, 7) is 0. The molecule has 0 spiro atoms. The van der Waals surface area contributed by atoms with E-state index in [0.29, 0.717) is 5.95 Å². The molecular formula is C9H14N4O. The SMILES string of the molecule is O=C(Nc1ncn[nH]1)C1CCCCC1. The molecule has 5 nitrogen and oxygen atoms in total. The molecule has 0 aliphatic heterocycles. The number of nitrogens with one attached hydrogen (secondary N) is 2. The Hall–Kier alpha value is -1.39. The van der Waals surface area contributed by atoms with Gasteiger partial charge in [-0.25, -0.2) is 5.10 Å². The Morgan fingerprint density at radius 1 is 1.43 bits per heavy atom. The number of amides is 1. The van der Waals surface area contributed by atoms with E-state index in [4.69, 9.17) is 0 Å². The van der Waals surface area contributed by atoms with Gasteiger partial charge in [0, 0.05) is 5.92 Å². The van der Waals surface area contributed by atoms with Crippen molar-refractivity contribution in [1.82, 2.24) is 15.2 Å². The molecule has 14 heavy (non-hydrogen) atoms. The van der Waals surface area contributed by atoms with Crippen molar-refractivity contribution < 1.29 is 4.79 Å². The first-order valence-electron chi connectivity index (χ1n) is 5.02. The van der Waals surface area contributed by atoms with Crippen LogP contribution in [-0.2, 0) is 4.79 Å². The molecule has 76 valence electrons.